The molecule has 176 valence electrons. The number of nitrogens with zero attached hydrogens (tertiary/aromatic N) is 2. The molecule has 1 heterocycles. The second-order valence-electron chi connectivity index (χ2n) is 7.56. The monoisotopic (exact) mass is 491 g/mol. The minimum absolute atomic E-state index is 0.0656. The van der Waals surface area contributed by atoms with E-state index < -0.39 is 27.9 Å². The Morgan fingerprint density at radius 3 is 2.39 bits per heavy atom. The molecule has 2 aromatic carbocycles. The van der Waals surface area contributed by atoms with Crippen LogP contribution in [-0.2, 0) is 26.2 Å². The minimum atomic E-state index is -4.02. The molecule has 1 unspecified atom stereocenters. The van der Waals surface area contributed by atoms with Gasteiger partial charge in [0.25, 0.3) is 15.9 Å². The van der Waals surface area contributed by atoms with E-state index in [9.17, 15) is 22.8 Å². The average molecular weight is 492 g/mol. The van der Waals surface area contributed by atoms with Crippen LogP contribution < -0.4 is 5.32 Å². The van der Waals surface area contributed by atoms with E-state index in [1.165, 1.54) is 17.0 Å². The first-order valence-electron chi connectivity index (χ1n) is 10.7. The molecule has 33 heavy (non-hydrogen) atoms. The van der Waals surface area contributed by atoms with Gasteiger partial charge in [0.05, 0.1) is 5.56 Å². The molecule has 10 heteroatoms. The molecule has 0 aliphatic carbocycles. The first-order valence-corrected chi connectivity index (χ1v) is 12.5. The molecule has 3 amide bonds. The van der Waals surface area contributed by atoms with Crippen molar-refractivity contribution in [3.8, 4) is 0 Å². The number of hydrogen-bond acceptors (Lipinski definition) is 5. The van der Waals surface area contributed by atoms with Crippen LogP contribution in [0.5, 0.6) is 0 Å². The van der Waals surface area contributed by atoms with E-state index in [4.69, 9.17) is 11.6 Å². The molecule has 0 spiro atoms. The molecule has 0 bridgehead atoms. The van der Waals surface area contributed by atoms with Gasteiger partial charge in [0.2, 0.25) is 11.8 Å². The van der Waals surface area contributed by atoms with Gasteiger partial charge < -0.3 is 10.2 Å². The lowest BCUT2D eigenvalue weighted by Gasteiger charge is -2.31. The molecule has 1 N–H and O–H groups in total. The van der Waals surface area contributed by atoms with Gasteiger partial charge in [-0.2, -0.15) is 0 Å². The number of hydrogen-bond donors (Lipinski definition) is 1. The lowest BCUT2D eigenvalue weighted by atomic mass is 10.1. The predicted octanol–water partition coefficient (Wildman–Crippen LogP) is 2.82. The zero-order valence-electron chi connectivity index (χ0n) is 18.5. The number of likely N-dealkylation sites (N-methyl/N-ethyl adjacent to an activating group) is 1. The Hall–Kier alpha value is -2.91. The van der Waals surface area contributed by atoms with Crippen molar-refractivity contribution in [3.63, 3.8) is 0 Å². The maximum atomic E-state index is 13.3. The van der Waals surface area contributed by atoms with E-state index in [-0.39, 0.29) is 35.9 Å². The second kappa shape index (κ2) is 10.4. The topological polar surface area (TPSA) is 104 Å². The Morgan fingerprint density at radius 1 is 1.09 bits per heavy atom. The molecule has 0 saturated heterocycles. The summed E-state index contributed by atoms with van der Waals surface area (Å²) in [5.74, 6) is -1.42. The fraction of sp³-hybridized carbons (Fsp3) is 0.348. The Morgan fingerprint density at radius 2 is 1.76 bits per heavy atom. The molecule has 1 aliphatic rings. The van der Waals surface area contributed by atoms with Crippen LogP contribution in [0.15, 0.2) is 53.4 Å². The van der Waals surface area contributed by atoms with Gasteiger partial charge >= 0.3 is 0 Å². The average Bonchev–Trinajstić information content (AvgIpc) is 2.99. The minimum Gasteiger partial charge on any atom is -0.355 e. The van der Waals surface area contributed by atoms with Crippen LogP contribution >= 0.6 is 11.6 Å². The molecule has 0 aromatic heterocycles. The van der Waals surface area contributed by atoms with Crippen molar-refractivity contribution in [1.29, 1.82) is 0 Å². The number of sulfonamides is 1. The predicted molar refractivity (Wildman–Crippen MR) is 124 cm³/mol. The van der Waals surface area contributed by atoms with Crippen LogP contribution in [0.2, 0.25) is 5.02 Å². The maximum Gasteiger partial charge on any atom is 0.269 e. The first kappa shape index (κ1) is 24.7. The molecule has 1 aliphatic heterocycles. The van der Waals surface area contributed by atoms with E-state index in [0.29, 0.717) is 23.6 Å². The van der Waals surface area contributed by atoms with Gasteiger partial charge in [-0.3, -0.25) is 14.4 Å². The van der Waals surface area contributed by atoms with Crippen molar-refractivity contribution < 1.29 is 22.8 Å². The normalized spacial score (nSPS) is 15.1. The summed E-state index contributed by atoms with van der Waals surface area (Å²) in [7, 11) is -4.02. The summed E-state index contributed by atoms with van der Waals surface area (Å²) >= 11 is 6.28. The van der Waals surface area contributed by atoms with Crippen LogP contribution in [0, 0.1) is 0 Å². The van der Waals surface area contributed by atoms with Crippen LogP contribution in [-0.4, -0.2) is 54.5 Å². The van der Waals surface area contributed by atoms with Gasteiger partial charge in [-0.15, -0.1) is 0 Å². The fourth-order valence-corrected chi connectivity index (χ4v) is 5.58. The Balaban J connectivity index is 1.84. The largest absolute Gasteiger partial charge is 0.355 e. The number of carbonyl (C=O) groups is 3. The number of carbonyl (C=O) groups excluding carboxylic acids is 3. The summed E-state index contributed by atoms with van der Waals surface area (Å²) in [5.41, 5.74) is 0.749. The number of halogens is 1. The standard InChI is InChI=1S/C23H26ClN3O5S/c1-3-19(22(29)25-4-2)26(15-16-9-5-7-11-18(16)24)21(28)13-14-27-23(30)17-10-6-8-12-20(17)33(27,31)32/h5-12,19H,3-4,13-15H2,1-2H3,(H,25,29). The molecule has 0 radical (unpaired) electrons. The van der Waals surface area contributed by atoms with Crippen molar-refractivity contribution >= 4 is 39.3 Å². The molecule has 3 rings (SSSR count). The van der Waals surface area contributed by atoms with Crippen LogP contribution in [0.4, 0.5) is 0 Å². The van der Waals surface area contributed by atoms with Gasteiger partial charge in [0.1, 0.15) is 10.9 Å². The SMILES string of the molecule is CCNC(=O)C(CC)N(Cc1ccccc1Cl)C(=O)CCN1C(=O)c2ccccc2S1(=O)=O. The number of benzene rings is 2. The van der Waals surface area contributed by atoms with E-state index in [2.05, 4.69) is 5.32 Å². The molecule has 8 nitrogen and oxygen atoms in total. The summed E-state index contributed by atoms with van der Waals surface area (Å²) in [6.07, 6.45) is 0.0910. The molecule has 2 aromatic rings. The number of nitrogens with one attached hydrogen (secondary N) is 1. The Kier molecular flexibility index (Phi) is 7.76. The molecular weight excluding hydrogens is 466 g/mol. The maximum absolute atomic E-state index is 13.3. The molecular formula is C23H26ClN3O5S. The van der Waals surface area contributed by atoms with Crippen molar-refractivity contribution in [2.45, 2.75) is 44.2 Å². The molecule has 0 saturated carbocycles. The van der Waals surface area contributed by atoms with E-state index in [1.54, 1.807) is 50.2 Å². The lowest BCUT2D eigenvalue weighted by Crippen LogP contribution is -2.49. The van der Waals surface area contributed by atoms with Crippen LogP contribution in [0.3, 0.4) is 0 Å². The van der Waals surface area contributed by atoms with Gasteiger partial charge in [0, 0.05) is 31.1 Å². The summed E-state index contributed by atoms with van der Waals surface area (Å²) in [4.78, 5) is 39.9. The fourth-order valence-electron chi connectivity index (χ4n) is 3.81. The van der Waals surface area contributed by atoms with Crippen molar-refractivity contribution in [2.75, 3.05) is 13.1 Å². The van der Waals surface area contributed by atoms with E-state index >= 15 is 0 Å². The third-order valence-electron chi connectivity index (χ3n) is 5.48. The third-order valence-corrected chi connectivity index (χ3v) is 7.69. The Bertz CT molecular complexity index is 1170. The van der Waals surface area contributed by atoms with Gasteiger partial charge in [-0.1, -0.05) is 48.9 Å². The van der Waals surface area contributed by atoms with Gasteiger partial charge in [-0.05, 0) is 37.1 Å². The highest BCUT2D eigenvalue weighted by Crippen LogP contribution is 2.30. The van der Waals surface area contributed by atoms with E-state index in [0.717, 1.165) is 4.31 Å². The van der Waals surface area contributed by atoms with Crippen LogP contribution in [0.25, 0.3) is 0 Å². The number of rotatable bonds is 9. The summed E-state index contributed by atoms with van der Waals surface area (Å²) in [5, 5.41) is 3.19. The highest BCUT2D eigenvalue weighted by Gasteiger charge is 2.41. The van der Waals surface area contributed by atoms with Crippen molar-refractivity contribution in [1.82, 2.24) is 14.5 Å². The highest BCUT2D eigenvalue weighted by atomic mass is 35.5. The molecule has 0 fully saturated rings. The Labute approximate surface area is 198 Å². The number of fused-ring (bicyclic) bond motifs is 1. The highest BCUT2D eigenvalue weighted by molar-refractivity contribution is 7.90. The summed E-state index contributed by atoms with van der Waals surface area (Å²) in [6, 6.07) is 12.2. The second-order valence-corrected chi connectivity index (χ2v) is 9.80. The first-order chi connectivity index (χ1) is 15.7. The molecule has 1 atom stereocenters. The summed E-state index contributed by atoms with van der Waals surface area (Å²) in [6.45, 7) is 3.74. The summed E-state index contributed by atoms with van der Waals surface area (Å²) < 4.78 is 26.3. The number of amides is 3. The van der Waals surface area contributed by atoms with Gasteiger partial charge in [0.15, 0.2) is 0 Å². The van der Waals surface area contributed by atoms with Crippen LogP contribution in [0.1, 0.15) is 42.6 Å². The van der Waals surface area contributed by atoms with E-state index in [1.807, 2.05) is 0 Å². The smallest absolute Gasteiger partial charge is 0.269 e. The lowest BCUT2D eigenvalue weighted by molar-refractivity contribution is -0.141. The third kappa shape index (κ3) is 5.04. The quantitative estimate of drug-likeness (QED) is 0.581. The zero-order valence-corrected chi connectivity index (χ0v) is 20.0. The van der Waals surface area contributed by atoms with Crippen molar-refractivity contribution in [3.05, 3.63) is 64.7 Å². The van der Waals surface area contributed by atoms with Crippen molar-refractivity contribution in [2.24, 2.45) is 0 Å². The zero-order chi connectivity index (χ0) is 24.2. The van der Waals surface area contributed by atoms with Gasteiger partial charge in [-0.25, -0.2) is 12.7 Å².